The second-order valence-electron chi connectivity index (χ2n) is 12.5. The lowest BCUT2D eigenvalue weighted by molar-refractivity contribution is -0.128. The minimum atomic E-state index is -0.500. The van der Waals surface area contributed by atoms with Crippen LogP contribution in [0.4, 0.5) is 10.2 Å². The number of carbonyl (C=O) groups is 1. The van der Waals surface area contributed by atoms with Gasteiger partial charge in [0.2, 0.25) is 12.5 Å². The molecular formula is C33H38FN7O2. The summed E-state index contributed by atoms with van der Waals surface area (Å²) in [5.41, 5.74) is 3.63. The van der Waals surface area contributed by atoms with Crippen molar-refractivity contribution in [1.82, 2.24) is 24.8 Å². The normalized spacial score (nSPS) is 21.6. The van der Waals surface area contributed by atoms with E-state index < -0.39 is 5.82 Å². The molecule has 0 radical (unpaired) electrons. The number of halogens is 1. The van der Waals surface area contributed by atoms with E-state index in [4.69, 9.17) is 16.3 Å². The molecule has 2 fully saturated rings. The number of hydrogen-bond acceptors (Lipinski definition) is 7. The molecule has 43 heavy (non-hydrogen) atoms. The Morgan fingerprint density at radius 2 is 2.09 bits per heavy atom. The number of amides is 1. The number of benzene rings is 1. The number of nitrogens with zero attached hydrogens (tertiary/aromatic N) is 7. The first-order valence-electron chi connectivity index (χ1n) is 15.0. The number of piperazine rings is 1. The van der Waals surface area contributed by atoms with Crippen LogP contribution in [0.15, 0.2) is 37.1 Å². The molecule has 0 saturated carbocycles. The summed E-state index contributed by atoms with van der Waals surface area (Å²) in [4.78, 5) is 36.1. The zero-order valence-corrected chi connectivity index (χ0v) is 25.1. The molecule has 1 aromatic carbocycles. The first-order valence-corrected chi connectivity index (χ1v) is 15.0. The number of pyridine rings is 1. The van der Waals surface area contributed by atoms with Crippen LogP contribution < -0.4 is 9.64 Å². The van der Waals surface area contributed by atoms with E-state index in [2.05, 4.69) is 53.3 Å². The van der Waals surface area contributed by atoms with Gasteiger partial charge in [0.25, 0.3) is 0 Å². The van der Waals surface area contributed by atoms with Gasteiger partial charge in [0.15, 0.2) is 5.82 Å². The van der Waals surface area contributed by atoms with Crippen LogP contribution in [0, 0.1) is 12.4 Å². The molecule has 3 aromatic rings. The van der Waals surface area contributed by atoms with E-state index in [9.17, 15) is 4.79 Å². The summed E-state index contributed by atoms with van der Waals surface area (Å²) in [5, 5.41) is 0.476. The highest BCUT2D eigenvalue weighted by Gasteiger charge is 2.35. The summed E-state index contributed by atoms with van der Waals surface area (Å²) < 4.78 is 22.8. The maximum Gasteiger partial charge on any atom is 0.319 e. The summed E-state index contributed by atoms with van der Waals surface area (Å²) in [6.07, 6.45) is 6.93. The second-order valence-corrected chi connectivity index (χ2v) is 12.5. The maximum atomic E-state index is 16.6. The summed E-state index contributed by atoms with van der Waals surface area (Å²) >= 11 is 0. The minimum absolute atomic E-state index is 0.0272. The van der Waals surface area contributed by atoms with E-state index in [1.807, 2.05) is 17.0 Å². The first-order chi connectivity index (χ1) is 20.7. The van der Waals surface area contributed by atoms with E-state index >= 15 is 4.39 Å². The Bertz CT molecular complexity index is 1620. The Balaban J connectivity index is 1.43. The quantitative estimate of drug-likeness (QED) is 0.296. The van der Waals surface area contributed by atoms with Gasteiger partial charge < -0.3 is 24.3 Å². The molecule has 2 aliphatic heterocycles. The third-order valence-electron chi connectivity index (χ3n) is 9.42. The van der Waals surface area contributed by atoms with Gasteiger partial charge in [0.05, 0.1) is 5.39 Å². The highest BCUT2D eigenvalue weighted by atomic mass is 19.1. The SMILES string of the molecule is [C-]#[N+]C[C@H]1CN(c2nc(OC[C@@H]3CCCN3C)nc3c(F)c(-c4cccc5c4CCC5(C)C)ncc23)CCN1C(=O)C=C. The fourth-order valence-electron chi connectivity index (χ4n) is 6.88. The number of carbonyl (C=O) groups excluding carboxylic acids is 1. The lowest BCUT2D eigenvalue weighted by Gasteiger charge is -2.39. The van der Waals surface area contributed by atoms with Gasteiger partial charge in [-0.15, -0.1) is 0 Å². The highest BCUT2D eigenvalue weighted by molar-refractivity contribution is 5.93. The number of fused-ring (bicyclic) bond motifs is 2. The number of likely N-dealkylation sites (tertiary alicyclic amines) is 1. The van der Waals surface area contributed by atoms with Crippen LogP contribution in [-0.4, -0.2) is 89.1 Å². The summed E-state index contributed by atoms with van der Waals surface area (Å²) in [6, 6.07) is 6.06. The summed E-state index contributed by atoms with van der Waals surface area (Å²) in [7, 11) is 2.08. The Labute approximate surface area is 252 Å². The third kappa shape index (κ3) is 5.31. The van der Waals surface area contributed by atoms with Crippen molar-refractivity contribution in [2.24, 2.45) is 0 Å². The van der Waals surface area contributed by atoms with Crippen molar-refractivity contribution < 1.29 is 13.9 Å². The Kier molecular flexibility index (Phi) is 7.77. The zero-order valence-electron chi connectivity index (χ0n) is 25.1. The molecule has 1 amide bonds. The molecule has 10 heteroatoms. The number of likely N-dealkylation sites (N-methyl/N-ethyl adjacent to an activating group) is 1. The van der Waals surface area contributed by atoms with Gasteiger partial charge in [-0.2, -0.15) is 9.97 Å². The highest BCUT2D eigenvalue weighted by Crippen LogP contribution is 2.43. The molecule has 6 rings (SSSR count). The van der Waals surface area contributed by atoms with Crippen molar-refractivity contribution >= 4 is 22.6 Å². The molecule has 0 N–H and O–H groups in total. The fraction of sp³-hybridized carbons (Fsp3) is 0.485. The van der Waals surface area contributed by atoms with Gasteiger partial charge in [-0.25, -0.2) is 11.0 Å². The number of aromatic nitrogens is 3. The lowest BCUT2D eigenvalue weighted by Crippen LogP contribution is -2.56. The van der Waals surface area contributed by atoms with Crippen molar-refractivity contribution in [3.05, 3.63) is 65.4 Å². The van der Waals surface area contributed by atoms with Crippen LogP contribution in [0.25, 0.3) is 27.0 Å². The van der Waals surface area contributed by atoms with Crippen LogP contribution in [-0.2, 0) is 16.6 Å². The molecule has 4 heterocycles. The van der Waals surface area contributed by atoms with Crippen molar-refractivity contribution in [2.75, 3.05) is 51.3 Å². The van der Waals surface area contributed by atoms with Crippen LogP contribution in [0.2, 0.25) is 0 Å². The molecule has 2 saturated heterocycles. The van der Waals surface area contributed by atoms with Crippen molar-refractivity contribution in [2.45, 2.75) is 57.0 Å². The molecule has 0 unspecified atom stereocenters. The summed E-state index contributed by atoms with van der Waals surface area (Å²) in [5.74, 6) is -0.209. The predicted octanol–water partition coefficient (Wildman–Crippen LogP) is 4.65. The first kappa shape index (κ1) is 29.0. The number of anilines is 1. The lowest BCUT2D eigenvalue weighted by atomic mass is 9.86. The second kappa shape index (κ2) is 11.5. The molecule has 0 bridgehead atoms. The average molecular weight is 584 g/mol. The van der Waals surface area contributed by atoms with Gasteiger partial charge in [-0.3, -0.25) is 9.78 Å². The molecule has 3 aliphatic rings. The van der Waals surface area contributed by atoms with Gasteiger partial charge in [-0.1, -0.05) is 38.6 Å². The number of ether oxygens (including phenoxy) is 1. The fourth-order valence-corrected chi connectivity index (χ4v) is 6.88. The number of hydrogen-bond donors (Lipinski definition) is 0. The van der Waals surface area contributed by atoms with E-state index in [0.717, 1.165) is 43.4 Å². The van der Waals surface area contributed by atoms with Crippen LogP contribution in [0.1, 0.15) is 44.2 Å². The Hall–Kier alpha value is -4.10. The van der Waals surface area contributed by atoms with Gasteiger partial charge in [0, 0.05) is 37.4 Å². The maximum absolute atomic E-state index is 16.6. The molecule has 2 aromatic heterocycles. The average Bonchev–Trinajstić information content (AvgIpc) is 3.57. The number of rotatable bonds is 7. The van der Waals surface area contributed by atoms with Gasteiger partial charge in [-0.05, 0) is 61.9 Å². The van der Waals surface area contributed by atoms with Crippen LogP contribution in [0.3, 0.4) is 0 Å². The smallest absolute Gasteiger partial charge is 0.319 e. The Morgan fingerprint density at radius 1 is 1.26 bits per heavy atom. The largest absolute Gasteiger partial charge is 0.462 e. The third-order valence-corrected chi connectivity index (χ3v) is 9.42. The van der Waals surface area contributed by atoms with Gasteiger partial charge in [0.1, 0.15) is 29.7 Å². The zero-order chi connectivity index (χ0) is 30.3. The standard InChI is InChI=1S/C33H38FN7O2/c1-6-27(42)41-16-15-40(19-22(41)17-35-4)31-25-18-36-29(24-10-7-11-26-23(24)12-13-33(26,2)3)28(34)30(25)37-32(38-31)43-20-21-9-8-14-39(21)5/h6-7,10-11,18,21-22H,1,8-9,12-17,19-20H2,2-3,5H3/t21-,22-/m0/s1. The van der Waals surface area contributed by atoms with Crippen molar-refractivity contribution in [3.8, 4) is 17.3 Å². The van der Waals surface area contributed by atoms with E-state index in [1.165, 1.54) is 11.6 Å². The van der Waals surface area contributed by atoms with Gasteiger partial charge >= 0.3 is 6.01 Å². The topological polar surface area (TPSA) is 79.1 Å². The van der Waals surface area contributed by atoms with Crippen LogP contribution in [0.5, 0.6) is 6.01 Å². The molecule has 224 valence electrons. The van der Waals surface area contributed by atoms with E-state index in [-0.39, 0.29) is 47.2 Å². The van der Waals surface area contributed by atoms with E-state index in [1.54, 1.807) is 11.1 Å². The molecular weight excluding hydrogens is 545 g/mol. The minimum Gasteiger partial charge on any atom is -0.462 e. The summed E-state index contributed by atoms with van der Waals surface area (Å²) in [6.45, 7) is 18.3. The molecule has 1 aliphatic carbocycles. The predicted molar refractivity (Wildman–Crippen MR) is 165 cm³/mol. The molecule has 0 spiro atoms. The van der Waals surface area contributed by atoms with E-state index in [0.29, 0.717) is 37.4 Å². The van der Waals surface area contributed by atoms with Crippen molar-refractivity contribution in [1.29, 1.82) is 0 Å². The molecule has 9 nitrogen and oxygen atoms in total. The monoisotopic (exact) mass is 583 g/mol. The molecule has 2 atom stereocenters. The van der Waals surface area contributed by atoms with Crippen LogP contribution >= 0.6 is 0 Å². The Morgan fingerprint density at radius 3 is 2.84 bits per heavy atom. The van der Waals surface area contributed by atoms with Crippen molar-refractivity contribution in [3.63, 3.8) is 0 Å².